The SMILES string of the molecule is ClCC1(Nc2cccc3nccn23)CCOCC1. The van der Waals surface area contributed by atoms with Gasteiger partial charge in [0.15, 0.2) is 0 Å². The summed E-state index contributed by atoms with van der Waals surface area (Å²) in [6, 6.07) is 6.05. The number of hydrogen-bond donors (Lipinski definition) is 1. The number of fused-ring (bicyclic) bond motifs is 1. The minimum absolute atomic E-state index is 0.0711. The Bertz CT molecular complexity index is 534. The Kier molecular flexibility index (Phi) is 3.14. The van der Waals surface area contributed by atoms with E-state index in [2.05, 4.69) is 16.4 Å². The van der Waals surface area contributed by atoms with Crippen LogP contribution in [-0.4, -0.2) is 34.0 Å². The van der Waals surface area contributed by atoms with Crippen molar-refractivity contribution in [1.82, 2.24) is 9.38 Å². The first-order chi connectivity index (χ1) is 8.83. The standard InChI is InChI=1S/C13H16ClN3O/c14-10-13(4-8-18-9-5-13)16-12-3-1-2-11-15-6-7-17(11)12/h1-3,6-7,16H,4-5,8-10H2. The maximum absolute atomic E-state index is 6.17. The van der Waals surface area contributed by atoms with Crippen molar-refractivity contribution in [2.45, 2.75) is 18.4 Å². The minimum Gasteiger partial charge on any atom is -0.381 e. The van der Waals surface area contributed by atoms with E-state index < -0.39 is 0 Å². The van der Waals surface area contributed by atoms with Crippen LogP contribution in [0.3, 0.4) is 0 Å². The predicted molar refractivity (Wildman–Crippen MR) is 72.3 cm³/mol. The zero-order valence-electron chi connectivity index (χ0n) is 10.1. The predicted octanol–water partition coefficient (Wildman–Crippen LogP) is 2.53. The summed E-state index contributed by atoms with van der Waals surface area (Å²) in [6.07, 6.45) is 5.62. The molecule has 1 saturated heterocycles. The van der Waals surface area contributed by atoms with Crippen LogP contribution in [0.25, 0.3) is 5.65 Å². The lowest BCUT2D eigenvalue weighted by atomic mass is 9.92. The number of nitrogens with zero attached hydrogens (tertiary/aromatic N) is 2. The molecule has 4 nitrogen and oxygen atoms in total. The van der Waals surface area contributed by atoms with Gasteiger partial charge in [0.1, 0.15) is 11.5 Å². The van der Waals surface area contributed by atoms with Gasteiger partial charge < -0.3 is 10.1 Å². The quantitative estimate of drug-likeness (QED) is 0.867. The molecule has 5 heteroatoms. The first-order valence-electron chi connectivity index (χ1n) is 6.17. The van der Waals surface area contributed by atoms with Crippen LogP contribution in [0.4, 0.5) is 5.82 Å². The molecule has 0 amide bonds. The molecule has 0 atom stereocenters. The molecule has 0 unspecified atom stereocenters. The van der Waals surface area contributed by atoms with E-state index in [-0.39, 0.29) is 5.54 Å². The molecular weight excluding hydrogens is 250 g/mol. The zero-order chi connectivity index (χ0) is 12.4. The highest BCUT2D eigenvalue weighted by Gasteiger charge is 2.32. The lowest BCUT2D eigenvalue weighted by molar-refractivity contribution is 0.0666. The van der Waals surface area contributed by atoms with Crippen molar-refractivity contribution in [2.24, 2.45) is 0 Å². The molecule has 1 N–H and O–H groups in total. The summed E-state index contributed by atoms with van der Waals surface area (Å²) in [4.78, 5) is 4.29. The molecule has 0 radical (unpaired) electrons. The van der Waals surface area contributed by atoms with Crippen LogP contribution in [0.2, 0.25) is 0 Å². The van der Waals surface area contributed by atoms with E-state index in [1.54, 1.807) is 6.20 Å². The third-order valence-electron chi connectivity index (χ3n) is 3.53. The van der Waals surface area contributed by atoms with E-state index in [1.165, 1.54) is 0 Å². The van der Waals surface area contributed by atoms with Crippen LogP contribution < -0.4 is 5.32 Å². The highest BCUT2D eigenvalue weighted by atomic mass is 35.5. The van der Waals surface area contributed by atoms with Crippen LogP contribution in [0.1, 0.15) is 12.8 Å². The Morgan fingerprint density at radius 3 is 3.00 bits per heavy atom. The fourth-order valence-corrected chi connectivity index (χ4v) is 2.71. The molecule has 96 valence electrons. The fourth-order valence-electron chi connectivity index (χ4n) is 2.38. The highest BCUT2D eigenvalue weighted by molar-refractivity contribution is 6.18. The van der Waals surface area contributed by atoms with Crippen molar-refractivity contribution in [3.63, 3.8) is 0 Å². The number of ether oxygens (including phenoxy) is 1. The van der Waals surface area contributed by atoms with E-state index in [0.29, 0.717) is 5.88 Å². The van der Waals surface area contributed by atoms with Gasteiger partial charge in [-0.3, -0.25) is 4.40 Å². The third kappa shape index (κ3) is 2.06. The largest absolute Gasteiger partial charge is 0.381 e. The Balaban J connectivity index is 1.92. The van der Waals surface area contributed by atoms with Crippen LogP contribution in [0.15, 0.2) is 30.6 Å². The Labute approximate surface area is 111 Å². The van der Waals surface area contributed by atoms with Gasteiger partial charge in [-0.25, -0.2) is 4.98 Å². The van der Waals surface area contributed by atoms with Crippen LogP contribution in [0, 0.1) is 0 Å². The molecule has 1 aliphatic heterocycles. The van der Waals surface area contributed by atoms with Gasteiger partial charge in [-0.15, -0.1) is 11.6 Å². The van der Waals surface area contributed by atoms with Crippen LogP contribution >= 0.6 is 11.6 Å². The lowest BCUT2D eigenvalue weighted by Gasteiger charge is -2.37. The molecule has 1 aliphatic rings. The number of aromatic nitrogens is 2. The molecule has 0 saturated carbocycles. The molecule has 3 heterocycles. The molecule has 0 aliphatic carbocycles. The van der Waals surface area contributed by atoms with Crippen molar-refractivity contribution >= 4 is 23.1 Å². The molecule has 3 rings (SSSR count). The number of hydrogen-bond acceptors (Lipinski definition) is 3. The van der Waals surface area contributed by atoms with E-state index in [9.17, 15) is 0 Å². The third-order valence-corrected chi connectivity index (χ3v) is 4.04. The van der Waals surface area contributed by atoms with Crippen molar-refractivity contribution in [3.8, 4) is 0 Å². The average molecular weight is 266 g/mol. The molecule has 1 fully saturated rings. The molecule has 0 spiro atoms. The zero-order valence-corrected chi connectivity index (χ0v) is 10.9. The second kappa shape index (κ2) is 4.78. The maximum atomic E-state index is 6.17. The topological polar surface area (TPSA) is 38.6 Å². The number of rotatable bonds is 3. The van der Waals surface area contributed by atoms with Gasteiger partial charge in [0.2, 0.25) is 0 Å². The van der Waals surface area contributed by atoms with E-state index in [4.69, 9.17) is 16.3 Å². The summed E-state index contributed by atoms with van der Waals surface area (Å²) in [6.45, 7) is 1.53. The van der Waals surface area contributed by atoms with Crippen molar-refractivity contribution < 1.29 is 4.74 Å². The normalized spacial score (nSPS) is 18.9. The number of imidazole rings is 1. The van der Waals surface area contributed by atoms with Crippen molar-refractivity contribution in [1.29, 1.82) is 0 Å². The Hall–Kier alpha value is -1.26. The molecule has 18 heavy (non-hydrogen) atoms. The summed E-state index contributed by atoms with van der Waals surface area (Å²) >= 11 is 6.17. The number of alkyl halides is 1. The molecule has 2 aromatic rings. The summed E-state index contributed by atoms with van der Waals surface area (Å²) in [5, 5.41) is 3.58. The Morgan fingerprint density at radius 2 is 2.22 bits per heavy atom. The summed E-state index contributed by atoms with van der Waals surface area (Å²) < 4.78 is 7.46. The monoisotopic (exact) mass is 265 g/mol. The second-order valence-corrected chi connectivity index (χ2v) is 4.99. The van der Waals surface area contributed by atoms with Gasteiger partial charge in [0.05, 0.1) is 5.54 Å². The van der Waals surface area contributed by atoms with Crippen molar-refractivity contribution in [3.05, 3.63) is 30.6 Å². The number of anilines is 1. The molecule has 0 bridgehead atoms. The van der Waals surface area contributed by atoms with Gasteiger partial charge in [0, 0.05) is 31.5 Å². The number of pyridine rings is 1. The molecule has 2 aromatic heterocycles. The van der Waals surface area contributed by atoms with E-state index >= 15 is 0 Å². The number of nitrogens with one attached hydrogen (secondary N) is 1. The second-order valence-electron chi connectivity index (χ2n) is 4.72. The van der Waals surface area contributed by atoms with Crippen LogP contribution in [-0.2, 0) is 4.74 Å². The first kappa shape index (κ1) is 11.8. The molecule has 0 aromatic carbocycles. The van der Waals surface area contributed by atoms with Gasteiger partial charge >= 0.3 is 0 Å². The first-order valence-corrected chi connectivity index (χ1v) is 6.70. The average Bonchev–Trinajstić information content (AvgIpc) is 2.89. The van der Waals surface area contributed by atoms with Gasteiger partial charge in [-0.1, -0.05) is 6.07 Å². The van der Waals surface area contributed by atoms with E-state index in [1.807, 2.05) is 22.7 Å². The van der Waals surface area contributed by atoms with Gasteiger partial charge in [-0.05, 0) is 25.0 Å². The Morgan fingerprint density at radius 1 is 1.39 bits per heavy atom. The summed E-state index contributed by atoms with van der Waals surface area (Å²) in [7, 11) is 0. The minimum atomic E-state index is -0.0711. The van der Waals surface area contributed by atoms with E-state index in [0.717, 1.165) is 37.5 Å². The maximum Gasteiger partial charge on any atom is 0.138 e. The summed E-state index contributed by atoms with van der Waals surface area (Å²) in [5.41, 5.74) is 0.870. The number of halogens is 1. The van der Waals surface area contributed by atoms with Crippen LogP contribution in [0.5, 0.6) is 0 Å². The van der Waals surface area contributed by atoms with Crippen molar-refractivity contribution in [2.75, 3.05) is 24.4 Å². The molecular formula is C13H16ClN3O. The fraction of sp³-hybridized carbons (Fsp3) is 0.462. The van der Waals surface area contributed by atoms with Gasteiger partial charge in [0.25, 0.3) is 0 Å². The summed E-state index contributed by atoms with van der Waals surface area (Å²) in [5.74, 6) is 1.62. The lowest BCUT2D eigenvalue weighted by Crippen LogP contribution is -2.45. The van der Waals surface area contributed by atoms with Gasteiger partial charge in [-0.2, -0.15) is 0 Å². The highest BCUT2D eigenvalue weighted by Crippen LogP contribution is 2.27. The smallest absolute Gasteiger partial charge is 0.138 e.